The zero-order valence-corrected chi connectivity index (χ0v) is 55.2. The van der Waals surface area contributed by atoms with Crippen molar-refractivity contribution in [1.29, 1.82) is 0 Å². The van der Waals surface area contributed by atoms with Crippen molar-refractivity contribution in [1.82, 2.24) is 0 Å². The zero-order chi connectivity index (χ0) is 63.1. The third kappa shape index (κ3) is 11.4. The summed E-state index contributed by atoms with van der Waals surface area (Å²) in [6, 6.07) is 0. The summed E-state index contributed by atoms with van der Waals surface area (Å²) in [4.78, 5) is 95.2. The molecule has 0 aromatic rings. The summed E-state index contributed by atoms with van der Waals surface area (Å²) in [6.07, 6.45) is 37.9. The van der Waals surface area contributed by atoms with E-state index in [1.54, 1.807) is 18.2 Å². The highest BCUT2D eigenvalue weighted by molar-refractivity contribution is 6.70. The Morgan fingerprint density at radius 1 is 0.540 bits per heavy atom. The smallest absolute Gasteiger partial charge is 0.303 e. The first-order valence-corrected chi connectivity index (χ1v) is 35.7. The van der Waals surface area contributed by atoms with Crippen LogP contribution in [0.4, 0.5) is 0 Å². The maximum Gasteiger partial charge on any atom is 0.303 e. The van der Waals surface area contributed by atoms with Crippen LogP contribution < -0.4 is 0 Å². The number of hydrogen-bond acceptors (Lipinski definition) is 12. The molecule has 0 radical (unpaired) electrons. The summed E-state index contributed by atoms with van der Waals surface area (Å²) in [5.41, 5.74) is 9.56. The monoisotopic (exact) mass is 1200 g/mol. The summed E-state index contributed by atoms with van der Waals surface area (Å²) in [5, 5.41) is 0. The van der Waals surface area contributed by atoms with E-state index in [9.17, 15) is 38.4 Å². The van der Waals surface area contributed by atoms with E-state index in [1.165, 1.54) is 59.8 Å². The number of rotatable bonds is 10. The zero-order valence-electron chi connectivity index (χ0n) is 54.2. The van der Waals surface area contributed by atoms with Gasteiger partial charge in [0.2, 0.25) is 8.32 Å². The highest BCUT2D eigenvalue weighted by Crippen LogP contribution is 2.68. The maximum absolute atomic E-state index is 13.0. The third-order valence-corrected chi connectivity index (χ3v) is 24.3. The number of hydrogen-bond donors (Lipinski definition) is 0. The lowest BCUT2D eigenvalue weighted by Crippen LogP contribution is -2.45. The summed E-state index contributed by atoms with van der Waals surface area (Å²) >= 11 is 0. The predicted molar refractivity (Wildman–Crippen MR) is 337 cm³/mol. The molecule has 0 aliphatic heterocycles. The number of ketones is 5. The molecule has 0 aromatic carbocycles. The van der Waals surface area contributed by atoms with Gasteiger partial charge in [-0.1, -0.05) is 111 Å². The maximum atomic E-state index is 13.0. The highest BCUT2D eigenvalue weighted by Gasteiger charge is 2.61. The Balaban J connectivity index is 0.000000145. The number of ether oxygens (including phenoxy) is 3. The van der Waals surface area contributed by atoms with E-state index in [0.717, 1.165) is 88.4 Å². The highest BCUT2D eigenvalue weighted by atomic mass is 28.4. The van der Waals surface area contributed by atoms with Gasteiger partial charge in [0.1, 0.15) is 19.0 Å². The largest absolute Gasteiger partial charge is 0.545 e. The Morgan fingerprint density at radius 2 is 0.977 bits per heavy atom. The van der Waals surface area contributed by atoms with Crippen molar-refractivity contribution in [2.24, 2.45) is 85.8 Å². The molecule has 0 spiro atoms. The van der Waals surface area contributed by atoms with Gasteiger partial charge < -0.3 is 18.6 Å². The first kappa shape index (κ1) is 63.9. The molecule has 5 fully saturated rings. The van der Waals surface area contributed by atoms with Crippen LogP contribution in [0.25, 0.3) is 0 Å². The molecule has 0 bridgehead atoms. The fourth-order valence-corrected chi connectivity index (χ4v) is 20.5. The van der Waals surface area contributed by atoms with Gasteiger partial charge in [0.25, 0.3) is 0 Å². The van der Waals surface area contributed by atoms with Crippen LogP contribution in [0, 0.1) is 85.8 Å². The van der Waals surface area contributed by atoms with Crippen LogP contribution in [0.15, 0.2) is 129 Å². The molecule has 0 heterocycles. The van der Waals surface area contributed by atoms with Gasteiger partial charge in [-0.2, -0.15) is 0 Å². The van der Waals surface area contributed by atoms with Gasteiger partial charge in [-0.25, -0.2) is 0 Å². The molecule has 12 rings (SSSR count). The van der Waals surface area contributed by atoms with Crippen LogP contribution in [0.5, 0.6) is 0 Å². The van der Waals surface area contributed by atoms with Gasteiger partial charge in [-0.15, -0.1) is 0 Å². The molecule has 5 saturated carbocycles. The lowest BCUT2D eigenvalue weighted by atomic mass is 9.52. The molecule has 15 atom stereocenters. The molecule has 87 heavy (non-hydrogen) atoms. The van der Waals surface area contributed by atoms with E-state index < -0.39 is 20.3 Å². The lowest BCUT2D eigenvalue weighted by Gasteiger charge is -2.52. The van der Waals surface area contributed by atoms with Crippen LogP contribution in [-0.4, -0.2) is 75.0 Å². The molecule has 13 heteroatoms. The Kier molecular flexibility index (Phi) is 17.2. The SMILES string of the molecule is CC(=O)OC/C(O[Si](C)(C)C)=C1\[C@H](C)CC2C3CCC4=CC(=O)C=C[C@]4(C)C3=CC[C@]12C.CC(=O)OCC(=O)C1=CCC2C3CCC4=CC(=O)C=C[C@]4(C)C3=CC[C@]12C.CC(=O)OCC(=O)[C@H]1[C@H](C)CC2C3CCC4=CC(=O)C=C[C@]4(C)C3=CC[C@@]21C. The summed E-state index contributed by atoms with van der Waals surface area (Å²) in [7, 11) is -1.87. The second kappa shape index (κ2) is 23.4. The van der Waals surface area contributed by atoms with Crippen LogP contribution >= 0.6 is 0 Å². The Labute approximate surface area is 517 Å². The molecule has 12 aliphatic carbocycles. The molecular formula is C74H94O12Si. The van der Waals surface area contributed by atoms with Crippen LogP contribution in [0.1, 0.15) is 153 Å². The molecule has 466 valence electrons. The number of allylic oxidation sites excluding steroid dienone is 20. The first-order chi connectivity index (χ1) is 40.8. The van der Waals surface area contributed by atoms with E-state index >= 15 is 0 Å². The summed E-state index contributed by atoms with van der Waals surface area (Å²) in [5.74, 6) is 3.49. The van der Waals surface area contributed by atoms with Gasteiger partial charge in [-0.3, -0.25) is 38.4 Å². The van der Waals surface area contributed by atoms with Crippen molar-refractivity contribution in [3.05, 3.63) is 129 Å². The Morgan fingerprint density at radius 3 is 1.46 bits per heavy atom. The van der Waals surface area contributed by atoms with E-state index in [0.29, 0.717) is 47.3 Å². The third-order valence-electron chi connectivity index (χ3n) is 23.5. The van der Waals surface area contributed by atoms with Crippen molar-refractivity contribution >= 4 is 55.1 Å². The first-order valence-electron chi connectivity index (χ1n) is 32.3. The van der Waals surface area contributed by atoms with Crippen molar-refractivity contribution in [2.75, 3.05) is 19.8 Å². The fourth-order valence-electron chi connectivity index (χ4n) is 19.6. The van der Waals surface area contributed by atoms with Gasteiger partial charge in [0.15, 0.2) is 35.5 Å². The van der Waals surface area contributed by atoms with E-state index in [-0.39, 0.29) is 93.1 Å². The molecule has 0 amide bonds. The average molecular weight is 1200 g/mol. The van der Waals surface area contributed by atoms with E-state index in [2.05, 4.69) is 118 Å². The number of esters is 3. The van der Waals surface area contributed by atoms with Gasteiger partial charge in [-0.05, 0) is 218 Å². The normalized spacial score (nSPS) is 38.5. The van der Waals surface area contributed by atoms with E-state index in [1.807, 2.05) is 18.2 Å². The predicted octanol–water partition coefficient (Wildman–Crippen LogP) is 14.2. The number of carbonyl (C=O) groups excluding carboxylic acids is 8. The molecule has 12 nitrogen and oxygen atoms in total. The van der Waals surface area contributed by atoms with Crippen molar-refractivity contribution < 1.29 is 57.0 Å². The molecule has 6 unspecified atom stereocenters. The molecular weight excluding hydrogens is 1110 g/mol. The number of carbonyl (C=O) groups is 8. The van der Waals surface area contributed by atoms with Gasteiger partial charge in [0, 0.05) is 53.9 Å². The number of fused-ring (bicyclic) bond motifs is 15. The number of Topliss-reactive ketones (excluding diaryl/α,β-unsaturated/α-hetero) is 2. The second-order valence-corrected chi connectivity index (χ2v) is 34.4. The Bertz CT molecular complexity index is 3340. The quantitative estimate of drug-likeness (QED) is 0.0667. The van der Waals surface area contributed by atoms with Crippen LogP contribution in [0.3, 0.4) is 0 Å². The fraction of sp³-hybridized carbons (Fsp3) is 0.595. The van der Waals surface area contributed by atoms with E-state index in [4.69, 9.17) is 18.6 Å². The van der Waals surface area contributed by atoms with Crippen LogP contribution in [0.2, 0.25) is 19.6 Å². The Hall–Kier alpha value is -6.08. The lowest BCUT2D eigenvalue weighted by molar-refractivity contribution is -0.148. The van der Waals surface area contributed by atoms with Crippen molar-refractivity contribution in [3.8, 4) is 0 Å². The van der Waals surface area contributed by atoms with Gasteiger partial charge >= 0.3 is 17.9 Å². The average Bonchev–Trinajstić information content (AvgIpc) is 1.70. The molecule has 0 saturated heterocycles. The topological polar surface area (TPSA) is 173 Å². The minimum atomic E-state index is -1.87. The molecule has 0 aromatic heterocycles. The molecule has 12 aliphatic rings. The van der Waals surface area contributed by atoms with Crippen molar-refractivity contribution in [2.45, 2.75) is 173 Å². The van der Waals surface area contributed by atoms with Gasteiger partial charge in [0.05, 0.1) is 0 Å². The second-order valence-electron chi connectivity index (χ2n) is 30.0. The summed E-state index contributed by atoms with van der Waals surface area (Å²) in [6.45, 7) is 28.7. The summed E-state index contributed by atoms with van der Waals surface area (Å²) < 4.78 is 22.0. The standard InChI is InChI=1S/C27H38O4Si.C24H30O4.C23H26O4/c1-17-14-23-21-9-8-19-15-20(29)10-12-26(19,3)22(21)11-13-27(23,4)25(17)24(16-30-18(2)28)31-32(5,6)7;1-14-11-20-18-6-5-16-12-17(26)7-9-23(16,3)19(18)8-10-24(20,4)22(14)21(27)13-28-15(2)25;1-14(24)27-13-21(26)20-7-6-18-17-5-4-15-12-16(25)8-10-22(15,2)19(17)9-11-23(18,20)3/h10-12,15,17,21,23H,8-9,13-14,16H2,1-7H3;7-9,12,14,18,20,22H,5-6,10-11,13H2,1-4H3;7-10,12,17-18H,4-6,11,13H2,1-3H3/b25-24-;;/t17-,21?,23?,26+,27+;14-,18?,20?,22-,23+,24+;17?,18?,22-,23-/m110/s1. The minimum Gasteiger partial charge on any atom is -0.545 e. The minimum absolute atomic E-state index is 0.00843. The molecule has 0 N–H and O–H groups in total. The van der Waals surface area contributed by atoms with Crippen molar-refractivity contribution in [3.63, 3.8) is 0 Å². The van der Waals surface area contributed by atoms with Crippen LogP contribution in [-0.2, 0) is 57.0 Å².